The molecule has 0 fully saturated rings. The quantitative estimate of drug-likeness (QED) is 0.445. The van der Waals surface area contributed by atoms with E-state index in [-0.39, 0.29) is 12.4 Å². The normalized spacial score (nSPS) is 23.1. The Morgan fingerprint density at radius 2 is 1.81 bits per heavy atom. The van der Waals surface area contributed by atoms with Gasteiger partial charge < -0.3 is 0 Å². The van der Waals surface area contributed by atoms with Gasteiger partial charge in [-0.15, -0.1) is 12.4 Å². The first kappa shape index (κ1) is 19.2. The molecule has 1 radical (unpaired) electrons. The molecular weight excluding hydrogens is 309 g/mol. The molecule has 0 saturated carbocycles. The van der Waals surface area contributed by atoms with E-state index >= 15 is 0 Å². The van der Waals surface area contributed by atoms with Crippen molar-refractivity contribution in [2.45, 2.75) is 19.8 Å². The van der Waals surface area contributed by atoms with Crippen LogP contribution in [0.15, 0.2) is 15.3 Å². The summed E-state index contributed by atoms with van der Waals surface area (Å²) in [7, 11) is 1.92. The van der Waals surface area contributed by atoms with Gasteiger partial charge in [0, 0.05) is 11.6 Å². The molecule has 0 aromatic carbocycles. The van der Waals surface area contributed by atoms with Crippen LogP contribution in [0.1, 0.15) is 19.8 Å². The molecule has 91 valence electrons. The molecule has 0 aromatic rings. The topological polar surface area (TPSA) is 29.4 Å². The molecule has 0 aromatic heterocycles. The number of hydrogen-bond acceptors (Lipinski definition) is 2. The van der Waals surface area contributed by atoms with Gasteiger partial charge in [0.05, 0.1) is 13.6 Å². The number of halogens is 4. The fourth-order valence-electron chi connectivity index (χ4n) is 1.19. The zero-order chi connectivity index (χ0) is 12.1. The van der Waals surface area contributed by atoms with E-state index < -0.39 is 0 Å². The van der Waals surface area contributed by atoms with Crippen LogP contribution in [0, 0.1) is 0 Å². The summed E-state index contributed by atoms with van der Waals surface area (Å²) in [6.07, 6.45) is 2.14. The summed E-state index contributed by atoms with van der Waals surface area (Å²) in [6.45, 7) is 2.96. The third kappa shape index (κ3) is 4.27. The molecule has 0 N–H and O–H groups in total. The average molecular weight is 322 g/mol. The van der Waals surface area contributed by atoms with E-state index in [4.69, 9.17) is 38.6 Å². The molecule has 0 aliphatic carbocycles. The number of quaternary nitrogens is 1. The van der Waals surface area contributed by atoms with Gasteiger partial charge in [-0.25, -0.2) is 4.48 Å². The standard InChI is InChI=1S/C8H12Cl3N2.Al.ClH.O/c1-3-4-5-13(2)7(10)6(9)12-8(13)11;;;/h3-5H2,1-2H3;;1H;/q+1;;;. The van der Waals surface area contributed by atoms with E-state index in [1.807, 2.05) is 7.05 Å². The maximum absolute atomic E-state index is 8.17. The van der Waals surface area contributed by atoms with Gasteiger partial charge in [0.15, 0.2) is 0 Å². The summed E-state index contributed by atoms with van der Waals surface area (Å²) in [5.41, 5.74) is 0. The van der Waals surface area contributed by atoms with Crippen molar-refractivity contribution in [1.29, 1.82) is 0 Å². The van der Waals surface area contributed by atoms with Crippen LogP contribution in [0.5, 0.6) is 0 Å². The number of rotatable bonds is 3. The van der Waals surface area contributed by atoms with Crippen molar-refractivity contribution >= 4 is 68.7 Å². The summed E-state index contributed by atoms with van der Waals surface area (Å²) in [5, 5.41) is 1.27. The van der Waals surface area contributed by atoms with Crippen molar-refractivity contribution in [2.24, 2.45) is 4.99 Å². The van der Waals surface area contributed by atoms with Crippen molar-refractivity contribution in [2.75, 3.05) is 13.6 Å². The van der Waals surface area contributed by atoms with Gasteiger partial charge in [0.25, 0.3) is 0 Å². The van der Waals surface area contributed by atoms with Crippen molar-refractivity contribution in [3.05, 3.63) is 10.3 Å². The van der Waals surface area contributed by atoms with Crippen LogP contribution >= 0.6 is 47.2 Å². The molecule has 16 heavy (non-hydrogen) atoms. The predicted molar refractivity (Wildman–Crippen MR) is 71.7 cm³/mol. The summed E-state index contributed by atoms with van der Waals surface area (Å²) < 4.78 is 8.51. The first-order valence-corrected chi connectivity index (χ1v) is 6.02. The number of hydrogen-bond donors (Lipinski definition) is 0. The van der Waals surface area contributed by atoms with Crippen LogP contribution < -0.4 is 0 Å². The minimum absolute atomic E-state index is 0. The summed E-state index contributed by atoms with van der Waals surface area (Å²) >= 11 is 18.9. The molecule has 1 rings (SSSR count). The van der Waals surface area contributed by atoms with Crippen LogP contribution in [0.3, 0.4) is 0 Å². The number of nitrogens with zero attached hydrogens (tertiary/aromatic N) is 2. The van der Waals surface area contributed by atoms with E-state index in [1.165, 1.54) is 16.2 Å². The fraction of sp³-hybridized carbons (Fsp3) is 0.625. The second-order valence-electron chi connectivity index (χ2n) is 3.23. The van der Waals surface area contributed by atoms with Crippen molar-refractivity contribution in [3.63, 3.8) is 0 Å². The van der Waals surface area contributed by atoms with Crippen LogP contribution in [0.2, 0.25) is 0 Å². The minimum atomic E-state index is 0. The monoisotopic (exact) mass is 320 g/mol. The van der Waals surface area contributed by atoms with E-state index in [9.17, 15) is 0 Å². The zero-order valence-corrected chi connectivity index (χ0v) is 13.3. The van der Waals surface area contributed by atoms with E-state index in [0.717, 1.165) is 19.4 Å². The number of amidine groups is 1. The molecule has 0 bridgehead atoms. The van der Waals surface area contributed by atoms with Crippen molar-refractivity contribution in [3.8, 4) is 0 Å². The van der Waals surface area contributed by atoms with Gasteiger partial charge in [0.1, 0.15) is 0 Å². The third-order valence-electron chi connectivity index (χ3n) is 2.16. The Bertz CT molecular complexity index is 298. The molecule has 1 unspecified atom stereocenters. The van der Waals surface area contributed by atoms with Crippen molar-refractivity contribution < 1.29 is 8.29 Å². The average Bonchev–Trinajstić information content (AvgIpc) is 2.44. The number of unbranched alkanes of at least 4 members (excludes halogenated alkanes) is 1. The van der Waals surface area contributed by atoms with E-state index in [1.54, 1.807) is 0 Å². The molecular formula is C8H13AlCl4N2O+. The second-order valence-corrected chi connectivity index (χ2v) is 4.29. The first-order chi connectivity index (χ1) is 7.02. The molecule has 0 spiro atoms. The molecule has 3 nitrogen and oxygen atoms in total. The van der Waals surface area contributed by atoms with Crippen LogP contribution in [0.4, 0.5) is 0 Å². The van der Waals surface area contributed by atoms with E-state index in [0.29, 0.717) is 20.1 Å². The fourth-order valence-corrected chi connectivity index (χ4v) is 2.00. The Kier molecular flexibility index (Phi) is 10.7. The maximum atomic E-state index is 8.17. The summed E-state index contributed by atoms with van der Waals surface area (Å²) in [5.74, 6) is 0. The second kappa shape index (κ2) is 8.88. The van der Waals surface area contributed by atoms with Crippen molar-refractivity contribution in [1.82, 2.24) is 0 Å². The summed E-state index contributed by atoms with van der Waals surface area (Å²) in [6, 6.07) is 0. The Hall–Kier alpha value is 0.862. The number of aliphatic imine (C=N–C) groups is 1. The Morgan fingerprint density at radius 3 is 2.12 bits per heavy atom. The van der Waals surface area contributed by atoms with Crippen LogP contribution in [-0.4, -0.2) is 39.6 Å². The summed E-state index contributed by atoms with van der Waals surface area (Å²) in [4.78, 5) is 3.94. The van der Waals surface area contributed by atoms with Crippen LogP contribution in [-0.2, 0) is 3.80 Å². The first-order valence-electron chi connectivity index (χ1n) is 4.42. The van der Waals surface area contributed by atoms with Gasteiger partial charge in [-0.05, 0) is 18.0 Å². The zero-order valence-electron chi connectivity index (χ0n) is 9.04. The molecule has 8 heteroatoms. The molecule has 1 atom stereocenters. The van der Waals surface area contributed by atoms with Gasteiger partial charge in [-0.3, -0.25) is 0 Å². The molecule has 1 aliphatic rings. The Balaban J connectivity index is 0. The Morgan fingerprint density at radius 1 is 1.31 bits per heavy atom. The van der Waals surface area contributed by atoms with Gasteiger partial charge in [-0.1, -0.05) is 24.9 Å². The Labute approximate surface area is 125 Å². The van der Waals surface area contributed by atoms with Crippen LogP contribution in [0.25, 0.3) is 0 Å². The molecule has 0 saturated heterocycles. The molecule has 1 aliphatic heterocycles. The molecule has 0 amide bonds. The SMILES string of the molecule is CCCC[N+]1(C)C(Cl)=NC(Cl)=C1Cl.Cl.[O]=[Al]. The van der Waals surface area contributed by atoms with E-state index in [2.05, 4.69) is 11.9 Å². The van der Waals surface area contributed by atoms with Gasteiger partial charge in [-0.2, -0.15) is 4.99 Å². The van der Waals surface area contributed by atoms with Gasteiger partial charge in [0.2, 0.25) is 10.3 Å². The van der Waals surface area contributed by atoms with Gasteiger partial charge >= 0.3 is 25.3 Å². The third-order valence-corrected chi connectivity index (χ3v) is 3.53. The molecule has 1 heterocycles. The predicted octanol–water partition coefficient (Wildman–Crippen LogP) is 3.37.